The maximum absolute atomic E-state index is 11.7. The lowest BCUT2D eigenvalue weighted by molar-refractivity contribution is -0.894. The van der Waals surface area contributed by atoms with Crippen LogP contribution >= 0.6 is 0 Å². The molecule has 8 rings (SSSR count). The predicted octanol–water partition coefficient (Wildman–Crippen LogP) is 9.97. The predicted molar refractivity (Wildman–Crippen MR) is 275 cm³/mol. The lowest BCUT2D eigenvalue weighted by Crippen LogP contribution is -3.11. The van der Waals surface area contributed by atoms with Crippen LogP contribution in [0.25, 0.3) is 27.1 Å². The van der Waals surface area contributed by atoms with E-state index in [9.17, 15) is 25.9 Å². The molecule has 0 atom stereocenters. The average molecular weight is 942 g/mol. The van der Waals surface area contributed by atoms with Crippen LogP contribution in [0.1, 0.15) is 97.3 Å². The normalized spacial score (nSPS) is 18.1. The molecule has 0 fully saturated rings. The molecule has 0 amide bonds. The number of hydrogen-bond donors (Lipinski definition) is 1. The van der Waals surface area contributed by atoms with E-state index in [2.05, 4.69) is 155 Å². The number of allylic oxidation sites excluding steroid dienone is 8. The highest BCUT2D eigenvalue weighted by Gasteiger charge is 2.46. The molecule has 1 aliphatic carbocycles. The zero-order chi connectivity index (χ0) is 48.1. The van der Waals surface area contributed by atoms with Crippen LogP contribution in [-0.4, -0.2) is 80.5 Å². The molecule has 1 N–H and O–H groups in total. The summed E-state index contributed by atoms with van der Waals surface area (Å²) in [6.07, 6.45) is 12.0. The first-order chi connectivity index (χ1) is 31.9. The molecular weight excluding hydrogens is 875 g/mol. The maximum atomic E-state index is 11.7. The fourth-order valence-electron chi connectivity index (χ4n) is 10.7. The Labute approximate surface area is 399 Å². The van der Waals surface area contributed by atoms with Crippen molar-refractivity contribution in [1.82, 2.24) is 0 Å². The molecule has 5 aromatic carbocycles. The van der Waals surface area contributed by atoms with Gasteiger partial charge in [-0.25, -0.2) is 16.8 Å². The van der Waals surface area contributed by atoms with Crippen molar-refractivity contribution >= 4 is 64.4 Å². The zero-order valence-electron chi connectivity index (χ0n) is 40.3. The van der Waals surface area contributed by atoms with Crippen LogP contribution in [0.2, 0.25) is 0 Å². The summed E-state index contributed by atoms with van der Waals surface area (Å²) in [4.78, 5) is 3.88. The Morgan fingerprint density at radius 3 is 1.85 bits per heavy atom. The van der Waals surface area contributed by atoms with Crippen LogP contribution in [-0.2, 0) is 31.1 Å². The lowest BCUT2D eigenvalue weighted by atomic mass is 9.78. The Hall–Kier alpha value is -5.17. The van der Waals surface area contributed by atoms with Gasteiger partial charge in [-0.3, -0.25) is 0 Å². The van der Waals surface area contributed by atoms with Gasteiger partial charge in [0.05, 0.1) is 45.3 Å². The lowest BCUT2D eigenvalue weighted by Gasteiger charge is -2.28. The number of nitrogens with zero attached hydrogens (tertiary/aromatic N) is 2. The Balaban J connectivity index is 0.000000883. The maximum Gasteiger partial charge on any atom is 0.210 e. The monoisotopic (exact) mass is 941 g/mol. The van der Waals surface area contributed by atoms with E-state index in [0.29, 0.717) is 13.1 Å². The van der Waals surface area contributed by atoms with E-state index >= 15 is 0 Å². The minimum absolute atomic E-state index is 0.213. The summed E-state index contributed by atoms with van der Waals surface area (Å²) < 4.78 is 72.4. The third-order valence-electron chi connectivity index (χ3n) is 14.0. The topological polar surface area (TPSA) is 125 Å². The Morgan fingerprint density at radius 1 is 0.657 bits per heavy atom. The fraction of sp³-hybridized carbons (Fsp3) is 0.375. The molecule has 0 unspecified atom stereocenters. The molecule has 0 saturated carbocycles. The van der Waals surface area contributed by atoms with Gasteiger partial charge in [0.15, 0.2) is 5.71 Å². The Kier molecular flexibility index (Phi) is 15.3. The van der Waals surface area contributed by atoms with Crippen molar-refractivity contribution in [3.63, 3.8) is 0 Å². The highest BCUT2D eigenvalue weighted by molar-refractivity contribution is 7.85. The second kappa shape index (κ2) is 20.6. The molecule has 0 aromatic heterocycles. The second-order valence-corrected chi connectivity index (χ2v) is 22.1. The van der Waals surface area contributed by atoms with Gasteiger partial charge in [0, 0.05) is 59.0 Å². The van der Waals surface area contributed by atoms with Crippen molar-refractivity contribution in [3.05, 3.63) is 161 Å². The molecule has 2 heterocycles. The van der Waals surface area contributed by atoms with Gasteiger partial charge in [0.25, 0.3) is 0 Å². The third kappa shape index (κ3) is 10.9. The largest absolute Gasteiger partial charge is 0.748 e. The van der Waals surface area contributed by atoms with Gasteiger partial charge in [-0.1, -0.05) is 111 Å². The number of benzene rings is 5. The number of quaternary nitrogens is 1. The van der Waals surface area contributed by atoms with Crippen LogP contribution in [0.4, 0.5) is 11.4 Å². The smallest absolute Gasteiger partial charge is 0.210 e. The first-order valence-electron chi connectivity index (χ1n) is 24.0. The minimum Gasteiger partial charge on any atom is -0.748 e. The van der Waals surface area contributed by atoms with Crippen molar-refractivity contribution in [1.29, 1.82) is 0 Å². The molecule has 0 spiro atoms. The number of hydrogen-bond acceptors (Lipinski definition) is 7. The summed E-state index contributed by atoms with van der Waals surface area (Å²) in [6, 6.07) is 35.6. The standard InChI is InChI=1S/C50H52N2O6S2.C6H15N/c1-49(2)44(51(31-13-33-59(53,54)55)42-27-23-35-15-8-10-21-40(35)47(42)49)29-25-38-19-12-20-39(46(38)37-17-6-5-7-18-37)26-30-45-50(3,4)48-41-22-11-9-16-36(41)24-28-43(48)52(45)32-14-34-60(56,57)58;1-4-7(5-2)6-3/h5-11,15-18,21-30H,12-14,19-20,31-34H2,1-4H3,(H-,53,54,55,56,57,58);4-6H2,1-3H3. The van der Waals surface area contributed by atoms with Gasteiger partial charge in [0.2, 0.25) is 5.69 Å². The zero-order valence-corrected chi connectivity index (χ0v) is 41.9. The molecular formula is C56H67N3O6S2. The molecule has 0 radical (unpaired) electrons. The summed E-state index contributed by atoms with van der Waals surface area (Å²) in [5.41, 5.74) is 10.3. The Bertz CT molecular complexity index is 3010. The van der Waals surface area contributed by atoms with Crippen LogP contribution in [0.15, 0.2) is 144 Å². The summed E-state index contributed by atoms with van der Waals surface area (Å²) >= 11 is 0. The summed E-state index contributed by atoms with van der Waals surface area (Å²) in [5, 5.41) is 4.58. The quantitative estimate of drug-likeness (QED) is 0.0819. The highest BCUT2D eigenvalue weighted by Crippen LogP contribution is 2.51. The SMILES string of the molecule is CC1(C)C(/C=C/C2=C(c3ccccc3)C(=C/C=C3/N(CCCS(=O)(=O)[O-])c4ccc5ccccc5c4C3(C)C)/CCC2)=[N+](CCCS(=O)(=O)[O-])c2ccc3ccccc3c21.CC[NH+](CC)CC. The van der Waals surface area contributed by atoms with Crippen LogP contribution in [0, 0.1) is 0 Å². The van der Waals surface area contributed by atoms with Gasteiger partial charge >= 0.3 is 0 Å². The molecule has 0 bridgehead atoms. The summed E-state index contributed by atoms with van der Waals surface area (Å²) in [6.45, 7) is 20.1. The Morgan fingerprint density at radius 2 is 1.24 bits per heavy atom. The van der Waals surface area contributed by atoms with Crippen LogP contribution in [0.3, 0.4) is 0 Å². The molecule has 11 heteroatoms. The van der Waals surface area contributed by atoms with Crippen molar-refractivity contribution < 1.29 is 35.4 Å². The van der Waals surface area contributed by atoms with Gasteiger partial charge < -0.3 is 18.9 Å². The van der Waals surface area contributed by atoms with Crippen LogP contribution < -0.4 is 9.80 Å². The molecule has 3 aliphatic rings. The van der Waals surface area contributed by atoms with Crippen molar-refractivity contribution in [2.45, 2.75) is 91.4 Å². The van der Waals surface area contributed by atoms with E-state index in [-0.39, 0.29) is 12.8 Å². The highest BCUT2D eigenvalue weighted by atomic mass is 32.2. The second-order valence-electron chi connectivity index (χ2n) is 19.0. The molecule has 0 saturated heterocycles. The first kappa shape index (κ1) is 49.7. The van der Waals surface area contributed by atoms with Gasteiger partial charge in [-0.15, -0.1) is 0 Å². The third-order valence-corrected chi connectivity index (χ3v) is 15.6. The van der Waals surface area contributed by atoms with E-state index in [4.69, 9.17) is 0 Å². The molecule has 2 aliphatic heterocycles. The van der Waals surface area contributed by atoms with Gasteiger partial charge in [0.1, 0.15) is 6.54 Å². The summed E-state index contributed by atoms with van der Waals surface area (Å²) in [5.74, 6) is -0.853. The van der Waals surface area contributed by atoms with E-state index in [1.807, 2.05) is 30.3 Å². The van der Waals surface area contributed by atoms with Crippen molar-refractivity contribution in [3.8, 4) is 0 Å². The van der Waals surface area contributed by atoms with E-state index in [0.717, 1.165) is 69.2 Å². The number of rotatable bonds is 15. The fourth-order valence-corrected chi connectivity index (χ4v) is 11.7. The van der Waals surface area contributed by atoms with Crippen molar-refractivity contribution in [2.24, 2.45) is 0 Å². The minimum atomic E-state index is -4.37. The van der Waals surface area contributed by atoms with E-state index in [1.54, 1.807) is 4.90 Å². The average Bonchev–Trinajstić information content (AvgIpc) is 3.65. The number of nitrogens with one attached hydrogen (secondary N) is 1. The summed E-state index contributed by atoms with van der Waals surface area (Å²) in [7, 11) is -8.74. The molecule has 354 valence electrons. The first-order valence-corrected chi connectivity index (χ1v) is 27.1. The number of fused-ring (bicyclic) bond motifs is 6. The molecule has 5 aromatic rings. The van der Waals surface area contributed by atoms with Gasteiger partial charge in [-0.2, -0.15) is 4.58 Å². The van der Waals surface area contributed by atoms with Gasteiger partial charge in [-0.05, 0) is 128 Å². The van der Waals surface area contributed by atoms with E-state index in [1.165, 1.54) is 47.5 Å². The molecule has 9 nitrogen and oxygen atoms in total. The van der Waals surface area contributed by atoms with Crippen LogP contribution in [0.5, 0.6) is 0 Å². The molecule has 67 heavy (non-hydrogen) atoms. The number of anilines is 1. The van der Waals surface area contributed by atoms with Crippen molar-refractivity contribution in [2.75, 3.05) is 49.1 Å². The van der Waals surface area contributed by atoms with E-state index < -0.39 is 42.6 Å².